The van der Waals surface area contributed by atoms with Gasteiger partial charge in [0.05, 0.1) is 16.9 Å². The molecule has 5 aromatic rings. The Morgan fingerprint density at radius 1 is 1.12 bits per heavy atom. The van der Waals surface area contributed by atoms with Crippen molar-refractivity contribution in [3.8, 4) is 28.4 Å². The molecule has 4 heterocycles. The van der Waals surface area contributed by atoms with E-state index in [9.17, 15) is 9.90 Å². The summed E-state index contributed by atoms with van der Waals surface area (Å²) in [5.41, 5.74) is 3.70. The predicted octanol–water partition coefficient (Wildman–Crippen LogP) is 1.73. The van der Waals surface area contributed by atoms with Gasteiger partial charge in [0, 0.05) is 17.8 Å². The van der Waals surface area contributed by atoms with Crippen molar-refractivity contribution in [2.75, 3.05) is 0 Å². The molecule has 26 heavy (non-hydrogen) atoms. The molecule has 0 unspecified atom stereocenters. The monoisotopic (exact) mass is 345 g/mol. The van der Waals surface area contributed by atoms with Crippen LogP contribution in [0, 0.1) is 0 Å². The third-order valence-corrected chi connectivity index (χ3v) is 4.15. The van der Waals surface area contributed by atoms with Gasteiger partial charge in [0.2, 0.25) is 5.88 Å². The summed E-state index contributed by atoms with van der Waals surface area (Å²) in [4.78, 5) is 19.9. The second-order valence-corrected chi connectivity index (χ2v) is 5.74. The Morgan fingerprint density at radius 2 is 2.04 bits per heavy atom. The largest absolute Gasteiger partial charge is 0.492 e. The van der Waals surface area contributed by atoms with Gasteiger partial charge in [-0.05, 0) is 24.3 Å². The van der Waals surface area contributed by atoms with Crippen molar-refractivity contribution < 1.29 is 5.11 Å². The van der Waals surface area contributed by atoms with Crippen molar-refractivity contribution in [1.82, 2.24) is 35.0 Å². The number of nitrogens with one attached hydrogen (secondary N) is 2. The molecule has 0 atom stereocenters. The van der Waals surface area contributed by atoms with Crippen LogP contribution < -0.4 is 5.56 Å². The van der Waals surface area contributed by atoms with E-state index in [2.05, 4.69) is 30.5 Å². The average molecular weight is 345 g/mol. The summed E-state index contributed by atoms with van der Waals surface area (Å²) in [5.74, 6) is -0.263. The Balaban J connectivity index is 1.79. The first-order chi connectivity index (χ1) is 12.7. The molecule has 5 rings (SSSR count). The summed E-state index contributed by atoms with van der Waals surface area (Å²) in [6, 6.07) is 12.2. The minimum atomic E-state index is -0.369. The molecule has 0 saturated heterocycles. The van der Waals surface area contributed by atoms with Crippen LogP contribution in [-0.2, 0) is 0 Å². The van der Waals surface area contributed by atoms with Gasteiger partial charge in [0.15, 0.2) is 5.65 Å². The number of aromatic amines is 2. The van der Waals surface area contributed by atoms with Gasteiger partial charge in [-0.2, -0.15) is 4.52 Å². The van der Waals surface area contributed by atoms with Crippen LogP contribution in [0.1, 0.15) is 0 Å². The molecule has 0 saturated carbocycles. The highest BCUT2D eigenvalue weighted by Gasteiger charge is 2.18. The molecule has 0 aliphatic heterocycles. The highest BCUT2D eigenvalue weighted by Crippen LogP contribution is 2.30. The van der Waals surface area contributed by atoms with Crippen LogP contribution in [0.4, 0.5) is 0 Å². The first-order valence-corrected chi connectivity index (χ1v) is 7.78. The van der Waals surface area contributed by atoms with Gasteiger partial charge in [-0.15, -0.1) is 10.2 Å². The fourth-order valence-corrected chi connectivity index (χ4v) is 2.94. The van der Waals surface area contributed by atoms with Gasteiger partial charge in [-0.3, -0.25) is 14.9 Å². The van der Waals surface area contributed by atoms with Crippen molar-refractivity contribution in [3.05, 3.63) is 59.0 Å². The first-order valence-electron chi connectivity index (χ1n) is 7.78. The molecule has 126 valence electrons. The van der Waals surface area contributed by atoms with E-state index in [4.69, 9.17) is 0 Å². The number of aromatic nitrogens is 7. The van der Waals surface area contributed by atoms with E-state index in [1.54, 1.807) is 24.4 Å². The maximum Gasteiger partial charge on any atom is 0.275 e. The molecule has 0 bridgehead atoms. The number of fused-ring (bicyclic) bond motifs is 2. The van der Waals surface area contributed by atoms with E-state index in [0.29, 0.717) is 28.1 Å². The highest BCUT2D eigenvalue weighted by atomic mass is 16.3. The van der Waals surface area contributed by atoms with Gasteiger partial charge in [0.25, 0.3) is 5.56 Å². The zero-order valence-electron chi connectivity index (χ0n) is 13.2. The smallest absolute Gasteiger partial charge is 0.275 e. The lowest BCUT2D eigenvalue weighted by atomic mass is 10.1. The van der Waals surface area contributed by atoms with Crippen molar-refractivity contribution in [3.63, 3.8) is 0 Å². The molecule has 4 aromatic heterocycles. The van der Waals surface area contributed by atoms with Crippen LogP contribution in [0.2, 0.25) is 0 Å². The maximum absolute atomic E-state index is 12.5. The van der Waals surface area contributed by atoms with Crippen molar-refractivity contribution in [2.45, 2.75) is 0 Å². The Bertz CT molecular complexity index is 1320. The van der Waals surface area contributed by atoms with Crippen LogP contribution in [0.3, 0.4) is 0 Å². The third-order valence-electron chi connectivity index (χ3n) is 4.15. The third kappa shape index (κ3) is 2.07. The number of pyridine rings is 1. The summed E-state index contributed by atoms with van der Waals surface area (Å²) in [6.45, 7) is 0. The van der Waals surface area contributed by atoms with E-state index in [1.807, 2.05) is 18.2 Å². The van der Waals surface area contributed by atoms with Crippen molar-refractivity contribution in [2.24, 2.45) is 0 Å². The second-order valence-electron chi connectivity index (χ2n) is 5.74. The van der Waals surface area contributed by atoms with Crippen LogP contribution >= 0.6 is 0 Å². The molecular formula is C17H11N7O2. The fourth-order valence-electron chi connectivity index (χ4n) is 2.94. The fraction of sp³-hybridized carbons (Fsp3) is 0. The summed E-state index contributed by atoms with van der Waals surface area (Å²) < 4.78 is 1.12. The van der Waals surface area contributed by atoms with E-state index >= 15 is 0 Å². The number of rotatable bonds is 2. The van der Waals surface area contributed by atoms with E-state index < -0.39 is 0 Å². The SMILES string of the molecule is O=c1cc(-c2ccc3[nH]nnc3c2)[nH]c2c(-c3ccccn3)c(O)nn12. The predicted molar refractivity (Wildman–Crippen MR) is 93.6 cm³/mol. The number of benzene rings is 1. The zero-order chi connectivity index (χ0) is 17.7. The highest BCUT2D eigenvalue weighted by molar-refractivity contribution is 5.83. The molecule has 0 fully saturated rings. The normalized spacial score (nSPS) is 11.4. The van der Waals surface area contributed by atoms with Crippen molar-refractivity contribution in [1.29, 1.82) is 0 Å². The Kier molecular flexibility index (Phi) is 2.89. The molecule has 0 aliphatic carbocycles. The Labute approximate surface area is 145 Å². The standard InChI is InChI=1S/C17H11N7O2/c25-14-8-12(9-4-5-10-13(7-9)21-23-20-10)19-16-15(17(26)22-24(14)16)11-3-1-2-6-18-11/h1-8,19H,(H,22,26)(H,20,21,23). The number of nitrogens with zero attached hydrogens (tertiary/aromatic N) is 5. The zero-order valence-corrected chi connectivity index (χ0v) is 13.2. The van der Waals surface area contributed by atoms with Gasteiger partial charge in [-0.1, -0.05) is 17.3 Å². The molecule has 1 aromatic carbocycles. The van der Waals surface area contributed by atoms with Gasteiger partial charge in [0.1, 0.15) is 11.1 Å². The Morgan fingerprint density at radius 3 is 2.88 bits per heavy atom. The van der Waals surface area contributed by atoms with Crippen LogP contribution in [0.5, 0.6) is 5.88 Å². The first kappa shape index (κ1) is 14.3. The maximum atomic E-state index is 12.5. The molecular weight excluding hydrogens is 334 g/mol. The summed E-state index contributed by atoms with van der Waals surface area (Å²) in [6.07, 6.45) is 1.61. The molecule has 3 N–H and O–H groups in total. The Hall–Kier alpha value is -4.01. The van der Waals surface area contributed by atoms with Crippen LogP contribution in [-0.4, -0.2) is 40.1 Å². The van der Waals surface area contributed by atoms with Gasteiger partial charge >= 0.3 is 0 Å². The molecule has 0 radical (unpaired) electrons. The minimum absolute atomic E-state index is 0.263. The van der Waals surface area contributed by atoms with Crippen molar-refractivity contribution >= 4 is 16.7 Å². The van der Waals surface area contributed by atoms with Gasteiger partial charge < -0.3 is 10.1 Å². The molecule has 9 heteroatoms. The average Bonchev–Trinajstić information content (AvgIpc) is 3.25. The molecule has 0 amide bonds. The lowest BCUT2D eigenvalue weighted by Gasteiger charge is -2.04. The molecule has 9 nitrogen and oxygen atoms in total. The number of H-pyrrole nitrogens is 2. The van der Waals surface area contributed by atoms with E-state index in [-0.39, 0.29) is 11.4 Å². The molecule has 0 aliphatic rings. The summed E-state index contributed by atoms with van der Waals surface area (Å²) in [5, 5.41) is 24.7. The number of aromatic hydroxyl groups is 1. The summed E-state index contributed by atoms with van der Waals surface area (Å²) in [7, 11) is 0. The van der Waals surface area contributed by atoms with Crippen LogP contribution in [0.25, 0.3) is 39.2 Å². The van der Waals surface area contributed by atoms with Gasteiger partial charge in [-0.25, -0.2) is 0 Å². The lowest BCUT2D eigenvalue weighted by molar-refractivity contribution is 0.450. The number of hydrogen-bond acceptors (Lipinski definition) is 6. The quantitative estimate of drug-likeness (QED) is 0.447. The minimum Gasteiger partial charge on any atom is -0.492 e. The lowest BCUT2D eigenvalue weighted by Crippen LogP contribution is -2.14. The van der Waals surface area contributed by atoms with Crippen LogP contribution in [0.15, 0.2) is 53.5 Å². The molecule has 0 spiro atoms. The topological polar surface area (TPSA) is 125 Å². The summed E-state index contributed by atoms with van der Waals surface area (Å²) >= 11 is 0. The second kappa shape index (κ2) is 5.24. The van der Waals surface area contributed by atoms with E-state index in [0.717, 1.165) is 15.6 Å². The van der Waals surface area contributed by atoms with E-state index in [1.165, 1.54) is 6.07 Å². The number of hydrogen-bond donors (Lipinski definition) is 3.